The van der Waals surface area contributed by atoms with Crippen molar-refractivity contribution in [1.29, 1.82) is 5.26 Å². The number of carbonyl (C=O) groups is 2. The number of likely N-dealkylation sites (N-methyl/N-ethyl adjacent to an activating group) is 1. The molecule has 4 rings (SSSR count). The fourth-order valence-electron chi connectivity index (χ4n) is 4.83. The summed E-state index contributed by atoms with van der Waals surface area (Å²) in [6, 6.07) is 15.2. The summed E-state index contributed by atoms with van der Waals surface area (Å²) in [4.78, 5) is 32.5. The van der Waals surface area contributed by atoms with Crippen molar-refractivity contribution in [1.82, 2.24) is 10.3 Å². The maximum Gasteiger partial charge on any atom is 0.267 e. The molecule has 1 aliphatic heterocycles. The topological polar surface area (TPSA) is 128 Å². The molecular formula is C30H32F2N6O3S. The number of amides is 2. The molecule has 1 fully saturated rings. The number of benzene rings is 2. The Labute approximate surface area is 244 Å². The van der Waals surface area contributed by atoms with Crippen LogP contribution in [0.3, 0.4) is 0 Å². The van der Waals surface area contributed by atoms with E-state index in [1.165, 1.54) is 12.3 Å². The van der Waals surface area contributed by atoms with E-state index in [4.69, 9.17) is 0 Å². The summed E-state index contributed by atoms with van der Waals surface area (Å²) in [5, 5.41) is 14.7. The van der Waals surface area contributed by atoms with Crippen LogP contribution in [0.5, 0.6) is 0 Å². The average molecular weight is 595 g/mol. The highest BCUT2D eigenvalue weighted by Crippen LogP contribution is 2.35. The van der Waals surface area contributed by atoms with E-state index >= 15 is 0 Å². The lowest BCUT2D eigenvalue weighted by molar-refractivity contribution is -0.116. The first-order valence-electron chi connectivity index (χ1n) is 13.4. The Morgan fingerprint density at radius 2 is 1.90 bits per heavy atom. The minimum absolute atomic E-state index is 0.0332. The van der Waals surface area contributed by atoms with Gasteiger partial charge < -0.3 is 15.5 Å². The molecule has 1 unspecified atom stereocenters. The number of hydrogen-bond donors (Lipinski definition) is 2. The van der Waals surface area contributed by atoms with Crippen molar-refractivity contribution in [3.8, 4) is 17.2 Å². The van der Waals surface area contributed by atoms with Gasteiger partial charge in [0.2, 0.25) is 5.92 Å². The molecule has 2 heterocycles. The van der Waals surface area contributed by atoms with E-state index in [1.807, 2.05) is 0 Å². The van der Waals surface area contributed by atoms with Gasteiger partial charge in [-0.2, -0.15) is 9.62 Å². The highest BCUT2D eigenvalue weighted by Gasteiger charge is 2.33. The molecule has 42 heavy (non-hydrogen) atoms. The molecule has 12 heteroatoms. The molecular weight excluding hydrogens is 562 g/mol. The summed E-state index contributed by atoms with van der Waals surface area (Å²) in [6.45, 7) is 2.05. The lowest BCUT2D eigenvalue weighted by Crippen LogP contribution is -2.30. The number of nitrogens with one attached hydrogen (secondary N) is 2. The standard InChI is InChI=1S/C30H32F2N6O3S/c1-20-25(22-10-8-21(17-33)9-11-22)18-35-28(38-14-5-12-30(31,32)13-15-38)27(20)29(40)36-23-6-4-7-24(16-23)42(3,41)37-26(39)19-34-2/h4,6-11,16,18,34H,5,12-15,19H2,1-3H3,(H,36,40). The van der Waals surface area contributed by atoms with Gasteiger partial charge in [-0.3, -0.25) is 9.59 Å². The van der Waals surface area contributed by atoms with Gasteiger partial charge in [-0.1, -0.05) is 18.2 Å². The minimum Gasteiger partial charge on any atom is -0.356 e. The van der Waals surface area contributed by atoms with Crippen LogP contribution in [0.15, 0.2) is 64.0 Å². The van der Waals surface area contributed by atoms with Crippen LogP contribution in [-0.4, -0.2) is 59.9 Å². The number of carbonyl (C=O) groups excluding carboxylic acids is 2. The molecule has 1 aliphatic rings. The monoisotopic (exact) mass is 594 g/mol. The number of pyridine rings is 1. The van der Waals surface area contributed by atoms with Crippen molar-refractivity contribution >= 4 is 33.0 Å². The number of anilines is 2. The van der Waals surface area contributed by atoms with Crippen LogP contribution < -0.4 is 15.5 Å². The van der Waals surface area contributed by atoms with Crippen molar-refractivity contribution in [3.05, 3.63) is 71.4 Å². The SMILES string of the molecule is CNCC(=O)N=S(C)(=O)c1cccc(NC(=O)c2c(N3CCCC(F)(F)CC3)ncc(-c3ccc(C#N)cc3)c2C)c1. The van der Waals surface area contributed by atoms with E-state index in [2.05, 4.69) is 26.0 Å². The molecule has 0 aliphatic carbocycles. The molecule has 1 saturated heterocycles. The molecule has 0 bridgehead atoms. The normalized spacial score (nSPS) is 16.0. The van der Waals surface area contributed by atoms with Gasteiger partial charge >= 0.3 is 0 Å². The van der Waals surface area contributed by atoms with Crippen molar-refractivity contribution in [2.45, 2.75) is 37.0 Å². The van der Waals surface area contributed by atoms with Crippen molar-refractivity contribution in [3.63, 3.8) is 0 Å². The van der Waals surface area contributed by atoms with Gasteiger partial charge in [0.05, 0.1) is 33.5 Å². The highest BCUT2D eigenvalue weighted by atomic mass is 32.2. The Balaban J connectivity index is 1.75. The maximum absolute atomic E-state index is 14.2. The number of nitriles is 1. The zero-order valence-electron chi connectivity index (χ0n) is 23.6. The zero-order valence-corrected chi connectivity index (χ0v) is 24.4. The summed E-state index contributed by atoms with van der Waals surface area (Å²) in [5.74, 6) is -3.58. The third-order valence-electron chi connectivity index (χ3n) is 7.02. The number of alkyl halides is 2. The van der Waals surface area contributed by atoms with Crippen molar-refractivity contribution in [2.75, 3.05) is 43.2 Å². The highest BCUT2D eigenvalue weighted by molar-refractivity contribution is 7.93. The predicted octanol–water partition coefficient (Wildman–Crippen LogP) is 5.01. The number of hydrogen-bond acceptors (Lipinski definition) is 7. The second-order valence-corrected chi connectivity index (χ2v) is 12.4. The summed E-state index contributed by atoms with van der Waals surface area (Å²) < 4.78 is 45.4. The summed E-state index contributed by atoms with van der Waals surface area (Å²) >= 11 is 0. The first-order valence-corrected chi connectivity index (χ1v) is 15.3. The molecule has 0 saturated carbocycles. The number of rotatable bonds is 7. The van der Waals surface area contributed by atoms with Gasteiger partial charge in [0.1, 0.15) is 5.82 Å². The smallest absolute Gasteiger partial charge is 0.267 e. The van der Waals surface area contributed by atoms with Crippen LogP contribution in [0.1, 0.15) is 40.7 Å². The Morgan fingerprint density at radius 3 is 2.60 bits per heavy atom. The zero-order chi connectivity index (χ0) is 30.5. The van der Waals surface area contributed by atoms with Crippen LogP contribution in [0.25, 0.3) is 11.1 Å². The van der Waals surface area contributed by atoms with Crippen LogP contribution >= 0.6 is 0 Å². The van der Waals surface area contributed by atoms with E-state index in [-0.39, 0.29) is 42.8 Å². The van der Waals surface area contributed by atoms with Gasteiger partial charge in [0.15, 0.2) is 0 Å². The van der Waals surface area contributed by atoms with E-state index in [0.29, 0.717) is 34.7 Å². The molecule has 0 spiro atoms. The number of aromatic nitrogens is 1. The predicted molar refractivity (Wildman–Crippen MR) is 158 cm³/mol. The minimum atomic E-state index is -3.08. The molecule has 2 aromatic carbocycles. The van der Waals surface area contributed by atoms with Gasteiger partial charge in [0.25, 0.3) is 11.8 Å². The molecule has 1 aromatic heterocycles. The Hall–Kier alpha value is -4.21. The quantitative estimate of drug-likeness (QED) is 0.394. The Morgan fingerprint density at radius 1 is 1.17 bits per heavy atom. The van der Waals surface area contributed by atoms with Crippen LogP contribution in [0, 0.1) is 18.3 Å². The molecule has 220 valence electrons. The summed E-state index contributed by atoms with van der Waals surface area (Å²) in [6.07, 6.45) is 2.62. The molecule has 2 amide bonds. The lowest BCUT2D eigenvalue weighted by Gasteiger charge is -2.26. The van der Waals surface area contributed by atoms with Gasteiger partial charge in [-0.25, -0.2) is 18.0 Å². The Kier molecular flexibility index (Phi) is 9.33. The first-order chi connectivity index (χ1) is 19.9. The largest absolute Gasteiger partial charge is 0.356 e. The summed E-state index contributed by atoms with van der Waals surface area (Å²) in [7, 11) is -1.50. The summed E-state index contributed by atoms with van der Waals surface area (Å²) in [5.41, 5.74) is 3.00. The molecule has 9 nitrogen and oxygen atoms in total. The van der Waals surface area contributed by atoms with Crippen LogP contribution in [-0.2, 0) is 14.5 Å². The van der Waals surface area contributed by atoms with E-state index in [0.717, 1.165) is 5.56 Å². The molecule has 0 radical (unpaired) electrons. The van der Waals surface area contributed by atoms with Gasteiger partial charge in [0, 0.05) is 54.5 Å². The fraction of sp³-hybridized carbons (Fsp3) is 0.333. The third kappa shape index (κ3) is 7.16. The number of nitrogens with zero attached hydrogens (tertiary/aromatic N) is 4. The second kappa shape index (κ2) is 12.8. The lowest BCUT2D eigenvalue weighted by atomic mass is 9.97. The van der Waals surface area contributed by atoms with Gasteiger partial charge in [-0.15, -0.1) is 0 Å². The van der Waals surface area contributed by atoms with E-state index in [9.17, 15) is 27.8 Å². The molecule has 2 N–H and O–H groups in total. The fourth-order valence-corrected chi connectivity index (χ4v) is 6.06. The Bertz CT molecular complexity index is 1660. The third-order valence-corrected chi connectivity index (χ3v) is 8.70. The molecule has 3 aromatic rings. The average Bonchev–Trinajstić information content (AvgIpc) is 3.13. The van der Waals surface area contributed by atoms with E-state index < -0.39 is 27.5 Å². The van der Waals surface area contributed by atoms with Crippen molar-refractivity contribution < 1.29 is 22.6 Å². The first kappa shape index (κ1) is 30.7. The molecule has 1 atom stereocenters. The van der Waals surface area contributed by atoms with E-state index in [1.54, 1.807) is 67.5 Å². The maximum atomic E-state index is 14.2. The van der Waals surface area contributed by atoms with Gasteiger partial charge in [-0.05, 0) is 61.9 Å². The second-order valence-electron chi connectivity index (χ2n) is 10.2. The number of halogens is 2. The van der Waals surface area contributed by atoms with Crippen LogP contribution in [0.4, 0.5) is 20.3 Å². The van der Waals surface area contributed by atoms with Crippen LogP contribution in [0.2, 0.25) is 0 Å². The van der Waals surface area contributed by atoms with Crippen molar-refractivity contribution in [2.24, 2.45) is 4.36 Å².